The Labute approximate surface area is 121 Å². The number of nitrogens with zero attached hydrogens (tertiary/aromatic N) is 3. The molecule has 1 N–H and O–H groups in total. The third kappa shape index (κ3) is 2.52. The summed E-state index contributed by atoms with van der Waals surface area (Å²) in [7, 11) is 0. The van der Waals surface area contributed by atoms with Gasteiger partial charge < -0.3 is 10.0 Å². The van der Waals surface area contributed by atoms with Crippen LogP contribution in [0.3, 0.4) is 0 Å². The van der Waals surface area contributed by atoms with Gasteiger partial charge in [-0.3, -0.25) is 10.1 Å². The molecule has 7 nitrogen and oxygen atoms in total. The topological polar surface area (TPSA) is 107 Å². The maximum Gasteiger partial charge on any atom is 0.329 e. The highest BCUT2D eigenvalue weighted by Gasteiger charge is 2.43. The molecule has 0 saturated carbocycles. The van der Waals surface area contributed by atoms with Crippen molar-refractivity contribution in [1.29, 1.82) is 5.26 Å². The van der Waals surface area contributed by atoms with E-state index in [2.05, 4.69) is 0 Å². The molecule has 1 aromatic rings. The molecule has 0 aromatic heterocycles. The number of rotatable bonds is 3. The number of carboxylic acids is 1. The molecule has 0 bridgehead atoms. The molecular formula is C14H15N3O4. The Morgan fingerprint density at radius 1 is 1.52 bits per heavy atom. The summed E-state index contributed by atoms with van der Waals surface area (Å²) in [5.74, 6) is -0.999. The Balaban J connectivity index is 2.56. The molecule has 0 radical (unpaired) electrons. The van der Waals surface area contributed by atoms with E-state index < -0.39 is 16.4 Å². The van der Waals surface area contributed by atoms with E-state index in [0.717, 1.165) is 12.8 Å². The zero-order valence-electron chi connectivity index (χ0n) is 11.6. The van der Waals surface area contributed by atoms with Crippen molar-refractivity contribution in [2.75, 3.05) is 11.4 Å². The molecule has 7 heteroatoms. The van der Waals surface area contributed by atoms with E-state index in [-0.39, 0.29) is 16.9 Å². The molecule has 1 heterocycles. The lowest BCUT2D eigenvalue weighted by atomic mass is 9.87. The van der Waals surface area contributed by atoms with E-state index in [1.165, 1.54) is 18.2 Å². The summed E-state index contributed by atoms with van der Waals surface area (Å²) in [6.45, 7) is 2.02. The molecular weight excluding hydrogens is 274 g/mol. The summed E-state index contributed by atoms with van der Waals surface area (Å²) in [5, 5.41) is 29.6. The normalized spacial score (nSPS) is 21.6. The number of carboxylic acid groups (broad SMARTS) is 1. The Bertz CT molecular complexity index is 638. The van der Waals surface area contributed by atoms with Gasteiger partial charge in [0.1, 0.15) is 11.2 Å². The number of nitro benzene ring substituents is 1. The second-order valence-electron chi connectivity index (χ2n) is 5.26. The lowest BCUT2D eigenvalue weighted by Crippen LogP contribution is -2.55. The lowest BCUT2D eigenvalue weighted by Gasteiger charge is -2.42. The molecule has 1 aromatic carbocycles. The Kier molecular flexibility index (Phi) is 3.80. The van der Waals surface area contributed by atoms with Gasteiger partial charge in [-0.15, -0.1) is 0 Å². The van der Waals surface area contributed by atoms with Gasteiger partial charge in [-0.25, -0.2) is 4.79 Å². The summed E-state index contributed by atoms with van der Waals surface area (Å²) < 4.78 is 0. The van der Waals surface area contributed by atoms with Crippen molar-refractivity contribution in [2.45, 2.75) is 31.7 Å². The Hall–Kier alpha value is -2.62. The van der Waals surface area contributed by atoms with Crippen molar-refractivity contribution in [3.05, 3.63) is 33.9 Å². The average molecular weight is 289 g/mol. The van der Waals surface area contributed by atoms with Crippen molar-refractivity contribution in [1.82, 2.24) is 0 Å². The second-order valence-corrected chi connectivity index (χ2v) is 5.26. The van der Waals surface area contributed by atoms with Crippen LogP contribution in [0.5, 0.6) is 0 Å². The van der Waals surface area contributed by atoms with Crippen molar-refractivity contribution < 1.29 is 14.8 Å². The van der Waals surface area contributed by atoms with Crippen LogP contribution in [0.25, 0.3) is 0 Å². The first kappa shape index (κ1) is 14.8. The molecule has 1 atom stereocenters. The maximum atomic E-state index is 11.6. The Morgan fingerprint density at radius 2 is 2.24 bits per heavy atom. The van der Waals surface area contributed by atoms with Crippen LogP contribution < -0.4 is 4.90 Å². The zero-order chi connectivity index (χ0) is 15.6. The van der Waals surface area contributed by atoms with Gasteiger partial charge in [0.15, 0.2) is 0 Å². The lowest BCUT2D eigenvalue weighted by molar-refractivity contribution is -0.384. The minimum atomic E-state index is -1.17. The molecule has 21 heavy (non-hydrogen) atoms. The van der Waals surface area contributed by atoms with Crippen LogP contribution in [0, 0.1) is 21.4 Å². The summed E-state index contributed by atoms with van der Waals surface area (Å²) in [6, 6.07) is 5.98. The van der Waals surface area contributed by atoms with Crippen LogP contribution in [-0.2, 0) is 4.79 Å². The number of hydrogen-bond acceptors (Lipinski definition) is 5. The molecule has 0 aliphatic carbocycles. The first-order chi connectivity index (χ1) is 9.90. The van der Waals surface area contributed by atoms with Crippen LogP contribution in [-0.4, -0.2) is 28.1 Å². The molecule has 1 aliphatic heterocycles. The highest BCUT2D eigenvalue weighted by molar-refractivity contribution is 5.85. The van der Waals surface area contributed by atoms with Crippen LogP contribution in [0.4, 0.5) is 11.4 Å². The number of carbonyl (C=O) groups is 1. The highest BCUT2D eigenvalue weighted by atomic mass is 16.6. The summed E-state index contributed by atoms with van der Waals surface area (Å²) in [5.41, 5.74) is -0.969. The number of hydrogen-bond donors (Lipinski definition) is 1. The van der Waals surface area contributed by atoms with E-state index in [1.807, 2.05) is 6.07 Å². The third-order valence-electron chi connectivity index (χ3n) is 3.94. The van der Waals surface area contributed by atoms with Crippen molar-refractivity contribution in [3.8, 4) is 6.07 Å². The predicted octanol–water partition coefficient (Wildman–Crippen LogP) is 2.30. The fourth-order valence-corrected chi connectivity index (χ4v) is 2.70. The predicted molar refractivity (Wildman–Crippen MR) is 75.0 cm³/mol. The van der Waals surface area contributed by atoms with Gasteiger partial charge in [-0.1, -0.05) is 0 Å². The zero-order valence-corrected chi connectivity index (χ0v) is 11.6. The highest BCUT2D eigenvalue weighted by Crippen LogP contribution is 2.38. The van der Waals surface area contributed by atoms with Crippen LogP contribution in [0.15, 0.2) is 18.2 Å². The molecule has 110 valence electrons. The van der Waals surface area contributed by atoms with Crippen molar-refractivity contribution >= 4 is 17.3 Å². The van der Waals surface area contributed by atoms with Crippen molar-refractivity contribution in [2.24, 2.45) is 0 Å². The fourth-order valence-electron chi connectivity index (χ4n) is 2.70. The van der Waals surface area contributed by atoms with E-state index >= 15 is 0 Å². The number of anilines is 1. The fraction of sp³-hybridized carbons (Fsp3) is 0.429. The molecule has 1 unspecified atom stereocenters. The van der Waals surface area contributed by atoms with E-state index in [4.69, 9.17) is 5.26 Å². The number of piperidine rings is 1. The molecule has 0 spiro atoms. The van der Waals surface area contributed by atoms with Gasteiger partial charge in [0.25, 0.3) is 5.69 Å². The number of nitro groups is 1. The SMILES string of the molecule is CC1(C(=O)O)CCCCN1c1ccc(C#N)cc1[N+](=O)[O-]. The van der Waals surface area contributed by atoms with Gasteiger partial charge in [-0.2, -0.15) is 5.26 Å². The number of nitriles is 1. The minimum Gasteiger partial charge on any atom is -0.480 e. The second kappa shape index (κ2) is 5.40. The maximum absolute atomic E-state index is 11.6. The minimum absolute atomic E-state index is 0.180. The van der Waals surface area contributed by atoms with Crippen LogP contribution in [0.1, 0.15) is 31.7 Å². The molecule has 1 aliphatic rings. The van der Waals surface area contributed by atoms with Crippen LogP contribution >= 0.6 is 0 Å². The first-order valence-corrected chi connectivity index (χ1v) is 6.60. The van der Waals surface area contributed by atoms with Gasteiger partial charge in [0.05, 0.1) is 16.6 Å². The molecule has 1 saturated heterocycles. The quantitative estimate of drug-likeness (QED) is 0.675. The Morgan fingerprint density at radius 3 is 2.81 bits per heavy atom. The monoisotopic (exact) mass is 289 g/mol. The largest absolute Gasteiger partial charge is 0.480 e. The number of benzene rings is 1. The smallest absolute Gasteiger partial charge is 0.329 e. The van der Waals surface area contributed by atoms with Crippen LogP contribution in [0.2, 0.25) is 0 Å². The number of aliphatic carboxylic acids is 1. The van der Waals surface area contributed by atoms with Gasteiger partial charge in [0.2, 0.25) is 0 Å². The summed E-state index contributed by atoms with van der Waals surface area (Å²) in [6.07, 6.45) is 1.98. The average Bonchev–Trinajstić information content (AvgIpc) is 2.47. The summed E-state index contributed by atoms with van der Waals surface area (Å²) >= 11 is 0. The standard InChI is InChI=1S/C14H15N3O4/c1-14(13(18)19)6-2-3-7-16(14)11-5-4-10(9-15)8-12(11)17(20)21/h4-5,8H,2-3,6-7H2,1H3,(H,18,19). The van der Waals surface area contributed by atoms with Gasteiger partial charge >= 0.3 is 5.97 Å². The van der Waals surface area contributed by atoms with E-state index in [0.29, 0.717) is 13.0 Å². The summed E-state index contributed by atoms with van der Waals surface area (Å²) in [4.78, 5) is 23.8. The van der Waals surface area contributed by atoms with Gasteiger partial charge in [0, 0.05) is 12.6 Å². The van der Waals surface area contributed by atoms with Gasteiger partial charge in [-0.05, 0) is 38.3 Å². The molecule has 1 fully saturated rings. The van der Waals surface area contributed by atoms with Crippen molar-refractivity contribution in [3.63, 3.8) is 0 Å². The molecule has 2 rings (SSSR count). The molecule has 0 amide bonds. The third-order valence-corrected chi connectivity index (χ3v) is 3.94. The first-order valence-electron chi connectivity index (χ1n) is 6.60. The van der Waals surface area contributed by atoms with E-state index in [1.54, 1.807) is 11.8 Å². The van der Waals surface area contributed by atoms with E-state index in [9.17, 15) is 20.0 Å².